The van der Waals surface area contributed by atoms with Crippen LogP contribution in [-0.4, -0.2) is 11.9 Å². The summed E-state index contributed by atoms with van der Waals surface area (Å²) < 4.78 is 0. The molecule has 0 atom stereocenters. The van der Waals surface area contributed by atoms with Gasteiger partial charge in [-0.3, -0.25) is 4.79 Å². The Kier molecular flexibility index (Phi) is 6.67. The van der Waals surface area contributed by atoms with Gasteiger partial charge in [0.2, 0.25) is 5.91 Å². The second-order valence-corrected chi connectivity index (χ2v) is 3.25. The third kappa shape index (κ3) is 4.94. The predicted octanol–water partition coefficient (Wildman–Crippen LogP) is 2.50. The van der Waals surface area contributed by atoms with Crippen molar-refractivity contribution in [1.29, 1.82) is 0 Å². The lowest BCUT2D eigenvalue weighted by atomic mass is 10.1. The van der Waals surface area contributed by atoms with Crippen molar-refractivity contribution in [3.8, 4) is 0 Å². The lowest BCUT2D eigenvalue weighted by molar-refractivity contribution is -0.117. The van der Waals surface area contributed by atoms with Crippen LogP contribution < -0.4 is 5.32 Å². The molecule has 0 bridgehead atoms. The third-order valence-electron chi connectivity index (χ3n) is 1.51. The van der Waals surface area contributed by atoms with Crippen molar-refractivity contribution in [2.24, 2.45) is 0 Å². The molecule has 0 aromatic heterocycles. The zero-order valence-electron chi connectivity index (χ0n) is 7.99. The normalized spacial score (nSPS) is 8.83. The molecule has 0 aromatic carbocycles. The number of hydrogen-bond donors (Lipinski definition) is 1. The Morgan fingerprint density at radius 1 is 1.17 bits per heavy atom. The smallest absolute Gasteiger partial charge is 0.247 e. The first kappa shape index (κ1) is 13.8. The van der Waals surface area contributed by atoms with Gasteiger partial charge in [0.05, 0.1) is 0 Å². The largest absolute Gasteiger partial charge is 0.350 e. The van der Waals surface area contributed by atoms with Gasteiger partial charge in [-0.25, -0.2) is 0 Å². The van der Waals surface area contributed by atoms with Crippen LogP contribution in [0.1, 0.15) is 42.0 Å². The van der Waals surface area contributed by atoms with Crippen LogP contribution in [0.3, 0.4) is 0 Å². The summed E-state index contributed by atoms with van der Waals surface area (Å²) in [5.74, 6) is 0.0417. The maximum atomic E-state index is 11.2. The third-order valence-corrected chi connectivity index (χ3v) is 1.51. The van der Waals surface area contributed by atoms with Crippen molar-refractivity contribution in [1.82, 2.24) is 5.32 Å². The Hall–Kier alpha value is -0.790. The highest BCUT2D eigenvalue weighted by molar-refractivity contribution is 5.93. The molecule has 0 unspecified atom stereocenters. The van der Waals surface area contributed by atoms with E-state index in [0.717, 1.165) is 11.1 Å². The summed E-state index contributed by atoms with van der Waals surface area (Å²) in [5.41, 5.74) is 1.89. The molecule has 0 aliphatic heterocycles. The van der Waals surface area contributed by atoms with Gasteiger partial charge in [0.1, 0.15) is 0 Å². The Morgan fingerprint density at radius 2 is 1.58 bits per heavy atom. The van der Waals surface area contributed by atoms with Crippen molar-refractivity contribution < 1.29 is 4.79 Å². The van der Waals surface area contributed by atoms with Gasteiger partial charge >= 0.3 is 0 Å². The van der Waals surface area contributed by atoms with E-state index in [0.29, 0.717) is 0 Å². The fourth-order valence-electron chi connectivity index (χ4n) is 0.598. The zero-order valence-corrected chi connectivity index (χ0v) is 7.99. The molecule has 0 fully saturated rings. The summed E-state index contributed by atoms with van der Waals surface area (Å²) in [6.07, 6.45) is 0. The maximum Gasteiger partial charge on any atom is 0.247 e. The van der Waals surface area contributed by atoms with E-state index in [-0.39, 0.29) is 19.4 Å². The highest BCUT2D eigenvalue weighted by Gasteiger charge is 2.05. The van der Waals surface area contributed by atoms with E-state index in [1.165, 1.54) is 0 Å². The minimum atomic E-state index is 0. The van der Waals surface area contributed by atoms with Gasteiger partial charge in [0.25, 0.3) is 0 Å². The van der Waals surface area contributed by atoms with E-state index in [1.807, 2.05) is 34.6 Å². The van der Waals surface area contributed by atoms with Crippen molar-refractivity contribution in [3.05, 3.63) is 11.1 Å². The van der Waals surface area contributed by atoms with Crippen LogP contribution in [0.4, 0.5) is 0 Å². The maximum absolute atomic E-state index is 11.2. The average Bonchev–Trinajstić information content (AvgIpc) is 1.84. The predicted molar refractivity (Wildman–Crippen MR) is 54.1 cm³/mol. The van der Waals surface area contributed by atoms with Gasteiger partial charge in [-0.1, -0.05) is 13.0 Å². The number of carbonyl (C=O) groups excluding carboxylic acids is 1. The highest BCUT2D eigenvalue weighted by atomic mass is 16.1. The first-order chi connectivity index (χ1) is 4.95. The Balaban J connectivity index is 0. The highest BCUT2D eigenvalue weighted by Crippen LogP contribution is 2.01. The number of hydrogen-bond acceptors (Lipinski definition) is 1. The number of allylic oxidation sites excluding steroid dienone is 1. The standard InChI is InChI=1S/C9H17NO.CH4/c1-6(2)8(5)9(11)10-7(3)4;/h7H,1-5H3,(H,10,11);1H4. The van der Waals surface area contributed by atoms with Crippen molar-refractivity contribution in [3.63, 3.8) is 0 Å². The molecule has 1 amide bonds. The summed E-state index contributed by atoms with van der Waals surface area (Å²) in [7, 11) is 0. The summed E-state index contributed by atoms with van der Waals surface area (Å²) in [5, 5.41) is 2.83. The van der Waals surface area contributed by atoms with Gasteiger partial charge in [-0.2, -0.15) is 0 Å². The van der Waals surface area contributed by atoms with Crippen LogP contribution >= 0.6 is 0 Å². The monoisotopic (exact) mass is 171 g/mol. The molecule has 0 aliphatic rings. The molecule has 0 aliphatic carbocycles. The molecule has 0 aromatic rings. The van der Waals surface area contributed by atoms with Gasteiger partial charge < -0.3 is 5.32 Å². The summed E-state index contributed by atoms with van der Waals surface area (Å²) in [4.78, 5) is 11.2. The van der Waals surface area contributed by atoms with E-state index < -0.39 is 0 Å². The molecular weight excluding hydrogens is 150 g/mol. The second-order valence-electron chi connectivity index (χ2n) is 3.25. The van der Waals surface area contributed by atoms with E-state index in [1.54, 1.807) is 0 Å². The number of carbonyl (C=O) groups is 1. The van der Waals surface area contributed by atoms with Crippen LogP contribution in [0.5, 0.6) is 0 Å². The molecule has 2 nitrogen and oxygen atoms in total. The van der Waals surface area contributed by atoms with E-state index in [4.69, 9.17) is 0 Å². The first-order valence-electron chi connectivity index (χ1n) is 3.90. The van der Waals surface area contributed by atoms with Gasteiger partial charge in [0, 0.05) is 11.6 Å². The van der Waals surface area contributed by atoms with Crippen molar-refractivity contribution in [2.75, 3.05) is 0 Å². The molecule has 2 heteroatoms. The molecule has 0 radical (unpaired) electrons. The first-order valence-corrected chi connectivity index (χ1v) is 3.90. The van der Waals surface area contributed by atoms with Crippen LogP contribution in [0.15, 0.2) is 11.1 Å². The molecular formula is C10H21NO. The van der Waals surface area contributed by atoms with Crippen LogP contribution in [0.2, 0.25) is 0 Å². The summed E-state index contributed by atoms with van der Waals surface area (Å²) in [6.45, 7) is 9.63. The Bertz CT molecular complexity index is 176. The minimum Gasteiger partial charge on any atom is -0.350 e. The fourth-order valence-corrected chi connectivity index (χ4v) is 0.598. The van der Waals surface area contributed by atoms with Crippen LogP contribution in [0, 0.1) is 0 Å². The molecule has 0 heterocycles. The average molecular weight is 171 g/mol. The van der Waals surface area contributed by atoms with Crippen molar-refractivity contribution in [2.45, 2.75) is 48.1 Å². The molecule has 0 spiro atoms. The topological polar surface area (TPSA) is 29.1 Å². The van der Waals surface area contributed by atoms with Gasteiger partial charge in [-0.15, -0.1) is 0 Å². The van der Waals surface area contributed by atoms with Crippen LogP contribution in [-0.2, 0) is 4.79 Å². The molecule has 1 N–H and O–H groups in total. The molecule has 72 valence electrons. The fraction of sp³-hybridized carbons (Fsp3) is 0.700. The quantitative estimate of drug-likeness (QED) is 0.635. The SMILES string of the molecule is C.CC(C)=C(C)C(=O)NC(C)C. The van der Waals surface area contributed by atoms with Gasteiger partial charge in [-0.05, 0) is 34.6 Å². The van der Waals surface area contributed by atoms with Crippen LogP contribution in [0.25, 0.3) is 0 Å². The Labute approximate surface area is 76.1 Å². The number of nitrogens with one attached hydrogen (secondary N) is 1. The van der Waals surface area contributed by atoms with Gasteiger partial charge in [0.15, 0.2) is 0 Å². The van der Waals surface area contributed by atoms with E-state index in [9.17, 15) is 4.79 Å². The van der Waals surface area contributed by atoms with E-state index in [2.05, 4.69) is 5.32 Å². The van der Waals surface area contributed by atoms with Crippen molar-refractivity contribution >= 4 is 5.91 Å². The second kappa shape index (κ2) is 5.81. The molecule has 0 rings (SSSR count). The Morgan fingerprint density at radius 3 is 1.83 bits per heavy atom. The molecule has 0 saturated carbocycles. The van der Waals surface area contributed by atoms with E-state index >= 15 is 0 Å². The molecule has 0 saturated heterocycles. The molecule has 12 heavy (non-hydrogen) atoms. The lowest BCUT2D eigenvalue weighted by Crippen LogP contribution is -2.30. The number of rotatable bonds is 2. The summed E-state index contributed by atoms with van der Waals surface area (Å²) >= 11 is 0. The lowest BCUT2D eigenvalue weighted by Gasteiger charge is -2.09. The number of amides is 1. The minimum absolute atomic E-state index is 0. The zero-order chi connectivity index (χ0) is 9.02. The summed E-state index contributed by atoms with van der Waals surface area (Å²) in [6, 6.07) is 0.219.